The van der Waals surface area contributed by atoms with Gasteiger partial charge in [0.1, 0.15) is 6.61 Å². The summed E-state index contributed by atoms with van der Waals surface area (Å²) in [6, 6.07) is 11.4. The van der Waals surface area contributed by atoms with Gasteiger partial charge in [-0.1, -0.05) is 34.1 Å². The monoisotopic (exact) mass is 546 g/mol. The Bertz CT molecular complexity index is 1140. The van der Waals surface area contributed by atoms with Crippen LogP contribution in [0.25, 0.3) is 0 Å². The average Bonchev–Trinajstić information content (AvgIpc) is 2.82. The number of halogens is 1. The van der Waals surface area contributed by atoms with Crippen LogP contribution in [0.5, 0.6) is 11.5 Å². The molecule has 10 nitrogen and oxygen atoms in total. The fourth-order valence-electron chi connectivity index (χ4n) is 3.41. The fourth-order valence-corrected chi connectivity index (χ4v) is 3.82. The Hall–Kier alpha value is -3.57. The molecule has 2 amide bonds. The maximum absolute atomic E-state index is 12.3. The number of nitrogens with zero attached hydrogens (tertiary/aromatic N) is 1. The van der Waals surface area contributed by atoms with E-state index in [9.17, 15) is 14.7 Å². The van der Waals surface area contributed by atoms with E-state index in [2.05, 4.69) is 37.1 Å². The van der Waals surface area contributed by atoms with Crippen LogP contribution in [0.2, 0.25) is 0 Å². The Kier molecular flexibility index (Phi) is 9.10. The molecule has 0 bridgehead atoms. The molecule has 1 heterocycles. The summed E-state index contributed by atoms with van der Waals surface area (Å²) in [5, 5.41) is 19.5. The normalized spacial score (nSPS) is 16.4. The van der Waals surface area contributed by atoms with Crippen molar-refractivity contribution in [2.75, 3.05) is 20.3 Å². The van der Waals surface area contributed by atoms with Crippen LogP contribution in [-0.4, -0.2) is 49.9 Å². The molecule has 0 aromatic heterocycles. The Labute approximate surface area is 211 Å². The quantitative estimate of drug-likeness (QED) is 0.156. The number of hydrazone groups is 1. The number of benzene rings is 2. The van der Waals surface area contributed by atoms with Crippen LogP contribution in [0.3, 0.4) is 0 Å². The summed E-state index contributed by atoms with van der Waals surface area (Å²) in [5.41, 5.74) is 4.75. The van der Waals surface area contributed by atoms with Crippen molar-refractivity contribution >= 4 is 34.1 Å². The fraction of sp³-hybridized carbons (Fsp3) is 0.292. The van der Waals surface area contributed by atoms with Crippen LogP contribution in [0.4, 0.5) is 4.79 Å². The molecule has 35 heavy (non-hydrogen) atoms. The highest BCUT2D eigenvalue weighted by Crippen LogP contribution is 2.34. The molecular formula is C24H27BrN4O6. The predicted octanol–water partition coefficient (Wildman–Crippen LogP) is 2.97. The van der Waals surface area contributed by atoms with Crippen LogP contribution in [-0.2, 0) is 9.53 Å². The van der Waals surface area contributed by atoms with E-state index in [-0.39, 0.29) is 12.2 Å². The number of allylic oxidation sites excluding steroid dienone is 1. The van der Waals surface area contributed by atoms with Crippen molar-refractivity contribution in [3.05, 3.63) is 69.3 Å². The molecule has 1 aliphatic rings. The van der Waals surface area contributed by atoms with Crippen molar-refractivity contribution in [1.29, 1.82) is 0 Å². The highest BCUT2D eigenvalue weighted by molar-refractivity contribution is 9.10. The molecule has 186 valence electrons. The first-order chi connectivity index (χ1) is 16.8. The Balaban J connectivity index is 1.71. The Morgan fingerprint density at radius 3 is 2.77 bits per heavy atom. The molecule has 1 aliphatic heterocycles. The second-order valence-corrected chi connectivity index (χ2v) is 8.39. The van der Waals surface area contributed by atoms with Gasteiger partial charge in [0, 0.05) is 10.2 Å². The summed E-state index contributed by atoms with van der Waals surface area (Å²) in [7, 11) is 1.28. The van der Waals surface area contributed by atoms with Crippen molar-refractivity contribution in [2.45, 2.75) is 26.1 Å². The van der Waals surface area contributed by atoms with Gasteiger partial charge in [0.25, 0.3) is 0 Å². The van der Waals surface area contributed by atoms with Crippen LogP contribution in [0.15, 0.2) is 63.3 Å². The summed E-state index contributed by atoms with van der Waals surface area (Å²) in [6.45, 7) is 3.70. The van der Waals surface area contributed by atoms with Gasteiger partial charge in [-0.3, -0.25) is 5.43 Å². The Morgan fingerprint density at radius 2 is 2.06 bits per heavy atom. The third-order valence-corrected chi connectivity index (χ3v) is 5.45. The van der Waals surface area contributed by atoms with E-state index in [0.717, 1.165) is 10.0 Å². The summed E-state index contributed by atoms with van der Waals surface area (Å²) in [5.74, 6) is 0.216. The van der Waals surface area contributed by atoms with E-state index in [1.807, 2.05) is 31.2 Å². The van der Waals surface area contributed by atoms with Gasteiger partial charge in [-0.2, -0.15) is 5.10 Å². The van der Waals surface area contributed by atoms with Crippen LogP contribution >= 0.6 is 15.9 Å². The first-order valence-electron chi connectivity index (χ1n) is 10.8. The number of aliphatic hydroxyl groups excluding tert-OH is 1. The molecule has 2 atom stereocenters. The van der Waals surface area contributed by atoms with Gasteiger partial charge in [0.05, 0.1) is 31.5 Å². The molecule has 0 spiro atoms. The van der Waals surface area contributed by atoms with E-state index in [1.165, 1.54) is 7.11 Å². The van der Waals surface area contributed by atoms with Crippen molar-refractivity contribution in [3.8, 4) is 11.5 Å². The van der Waals surface area contributed by atoms with Gasteiger partial charge in [0.2, 0.25) is 0 Å². The molecule has 0 radical (unpaired) electrons. The van der Waals surface area contributed by atoms with E-state index in [4.69, 9.17) is 14.2 Å². The molecule has 0 aliphatic carbocycles. The average molecular weight is 547 g/mol. The van der Waals surface area contributed by atoms with E-state index in [1.54, 1.807) is 31.3 Å². The molecule has 2 aromatic carbocycles. The topological polar surface area (TPSA) is 131 Å². The maximum Gasteiger partial charge on any atom is 0.337 e. The van der Waals surface area contributed by atoms with Crippen molar-refractivity contribution in [2.24, 2.45) is 5.10 Å². The van der Waals surface area contributed by atoms with E-state index < -0.39 is 24.3 Å². The minimum atomic E-state index is -1.08. The zero-order valence-corrected chi connectivity index (χ0v) is 21.1. The number of carbonyl (C=O) groups excluding carboxylic acids is 2. The van der Waals surface area contributed by atoms with E-state index in [0.29, 0.717) is 29.4 Å². The third kappa shape index (κ3) is 6.96. The first kappa shape index (κ1) is 26.0. The highest BCUT2D eigenvalue weighted by atomic mass is 79.9. The lowest BCUT2D eigenvalue weighted by atomic mass is 9.95. The SMILES string of the molecule is CCOc1cc([C@H]2NC(=O)NC(C)=C2C(=O)OC)ccc1OC[C@H](O)N/N=C\c1cccc(Br)c1. The molecular weight excluding hydrogens is 520 g/mol. The lowest BCUT2D eigenvalue weighted by Gasteiger charge is -2.28. The molecule has 4 N–H and O–H groups in total. The predicted molar refractivity (Wildman–Crippen MR) is 133 cm³/mol. The smallest absolute Gasteiger partial charge is 0.337 e. The molecule has 0 saturated heterocycles. The molecule has 0 saturated carbocycles. The van der Waals surface area contributed by atoms with Crippen molar-refractivity contribution < 1.29 is 28.9 Å². The van der Waals surface area contributed by atoms with Gasteiger partial charge in [-0.25, -0.2) is 9.59 Å². The van der Waals surface area contributed by atoms with E-state index >= 15 is 0 Å². The molecule has 0 unspecified atom stereocenters. The number of rotatable bonds is 10. The first-order valence-corrected chi connectivity index (χ1v) is 11.6. The summed E-state index contributed by atoms with van der Waals surface area (Å²) >= 11 is 3.39. The van der Waals surface area contributed by atoms with Gasteiger partial charge in [0.15, 0.2) is 17.7 Å². The van der Waals surface area contributed by atoms with Crippen LogP contribution in [0, 0.1) is 0 Å². The molecule has 2 aromatic rings. The van der Waals surface area contributed by atoms with Crippen molar-refractivity contribution in [1.82, 2.24) is 16.1 Å². The highest BCUT2D eigenvalue weighted by Gasteiger charge is 2.32. The number of nitrogens with one attached hydrogen (secondary N) is 3. The number of methoxy groups -OCH3 is 1. The van der Waals surface area contributed by atoms with Crippen molar-refractivity contribution in [3.63, 3.8) is 0 Å². The summed E-state index contributed by atoms with van der Waals surface area (Å²) in [6.07, 6.45) is 0.503. The number of ether oxygens (including phenoxy) is 3. The number of hydrogen-bond acceptors (Lipinski definition) is 8. The Morgan fingerprint density at radius 1 is 1.26 bits per heavy atom. The van der Waals surface area contributed by atoms with Gasteiger partial charge in [-0.15, -0.1) is 0 Å². The second-order valence-electron chi connectivity index (χ2n) is 7.47. The number of carbonyl (C=O) groups is 2. The molecule has 3 rings (SSSR count). The number of urea groups is 1. The third-order valence-electron chi connectivity index (χ3n) is 4.96. The second kappa shape index (κ2) is 12.2. The zero-order valence-electron chi connectivity index (χ0n) is 19.5. The van der Waals surface area contributed by atoms with Gasteiger partial charge >= 0.3 is 12.0 Å². The summed E-state index contributed by atoms with van der Waals surface area (Å²) in [4.78, 5) is 24.4. The standard InChI is InChI=1S/C24H27BrN4O6/c1-4-34-19-11-16(22-21(23(31)33-3)14(2)27-24(32)28-22)8-9-18(19)35-13-20(30)29-26-12-15-6-5-7-17(25)10-15/h5-12,20,22,29-30H,4,13H2,1-3H3,(H2,27,28,32)/b26-12-/t20-,22+/m0/s1. The number of aliphatic hydroxyl groups is 1. The zero-order chi connectivity index (χ0) is 25.4. The minimum Gasteiger partial charge on any atom is -0.490 e. The number of hydrogen-bond donors (Lipinski definition) is 4. The lowest BCUT2D eigenvalue weighted by Crippen LogP contribution is -2.45. The van der Waals surface area contributed by atoms with Crippen LogP contribution < -0.4 is 25.5 Å². The largest absolute Gasteiger partial charge is 0.490 e. The van der Waals surface area contributed by atoms with Gasteiger partial charge in [-0.05, 0) is 49.2 Å². The number of esters is 1. The maximum atomic E-state index is 12.3. The van der Waals surface area contributed by atoms with Crippen LogP contribution in [0.1, 0.15) is 31.0 Å². The van der Waals surface area contributed by atoms with Gasteiger partial charge < -0.3 is 30.0 Å². The molecule has 0 fully saturated rings. The minimum absolute atomic E-state index is 0.105. The summed E-state index contributed by atoms with van der Waals surface area (Å²) < 4.78 is 17.2. The lowest BCUT2D eigenvalue weighted by molar-refractivity contribution is -0.136. The molecule has 11 heteroatoms. The number of amides is 2.